The highest BCUT2D eigenvalue weighted by atomic mass is 16.5. The van der Waals surface area contributed by atoms with Crippen molar-refractivity contribution in [3.8, 4) is 5.75 Å². The average molecular weight is 334 g/mol. The van der Waals surface area contributed by atoms with Gasteiger partial charge >= 0.3 is 0 Å². The van der Waals surface area contributed by atoms with Crippen molar-refractivity contribution in [3.05, 3.63) is 66.4 Å². The summed E-state index contributed by atoms with van der Waals surface area (Å²) in [5.41, 5.74) is 2.77. The summed E-state index contributed by atoms with van der Waals surface area (Å²) in [5, 5.41) is 10.3. The maximum Gasteiger partial charge on any atom is 0.246 e. The maximum atomic E-state index is 5.43. The molecule has 0 aliphatic heterocycles. The van der Waals surface area contributed by atoms with Crippen LogP contribution >= 0.6 is 0 Å². The molecule has 1 aromatic carbocycles. The Bertz CT molecular complexity index is 940. The molecule has 3 aromatic heterocycles. The molecule has 3 heterocycles. The molecule has 0 aliphatic rings. The third-order valence-corrected chi connectivity index (χ3v) is 3.72. The number of benzene rings is 1. The van der Waals surface area contributed by atoms with E-state index >= 15 is 0 Å². The molecule has 2 N–H and O–H groups in total. The molecule has 4 aromatic rings. The minimum absolute atomic E-state index is 0.530. The summed E-state index contributed by atoms with van der Waals surface area (Å²) >= 11 is 0. The molecule has 126 valence electrons. The normalized spacial score (nSPS) is 10.9. The summed E-state index contributed by atoms with van der Waals surface area (Å²) in [4.78, 5) is 9.04. The smallest absolute Gasteiger partial charge is 0.246 e. The first kappa shape index (κ1) is 15.2. The average Bonchev–Trinajstić information content (AvgIpc) is 3.23. The third-order valence-electron chi connectivity index (χ3n) is 3.72. The molecule has 0 unspecified atom stereocenters. The molecule has 4 rings (SSSR count). The lowest BCUT2D eigenvalue weighted by molar-refractivity contribution is 0.340. The Balaban J connectivity index is 1.44. The number of nitrogens with one attached hydrogen (secondary N) is 2. The predicted molar refractivity (Wildman–Crippen MR) is 95.3 cm³/mol. The van der Waals surface area contributed by atoms with Crippen LogP contribution in [-0.4, -0.2) is 31.2 Å². The van der Waals surface area contributed by atoms with Crippen molar-refractivity contribution in [2.45, 2.75) is 13.3 Å². The third kappa shape index (κ3) is 3.45. The standard InChI is InChI=1S/C18H18N6O/c1-2-25-15-8-6-13(7-9-15)20-18-21-16(22-23-18)11-14-12-24-10-4-3-5-17(24)19-14/h3-10,12H,2,11H2,1H3,(H2,20,21,22,23). The highest BCUT2D eigenvalue weighted by Crippen LogP contribution is 2.18. The molecule has 0 bridgehead atoms. The molecular formula is C18H18N6O. The number of ether oxygens (including phenoxy) is 1. The van der Waals surface area contributed by atoms with Crippen LogP contribution in [0, 0.1) is 0 Å². The van der Waals surface area contributed by atoms with Crippen LogP contribution in [0.4, 0.5) is 11.6 Å². The van der Waals surface area contributed by atoms with E-state index < -0.39 is 0 Å². The van der Waals surface area contributed by atoms with Crippen LogP contribution in [0.1, 0.15) is 18.4 Å². The van der Waals surface area contributed by atoms with Gasteiger partial charge in [-0.1, -0.05) is 6.07 Å². The Morgan fingerprint density at radius 1 is 1.12 bits per heavy atom. The number of rotatable bonds is 6. The van der Waals surface area contributed by atoms with Crippen LogP contribution in [0.3, 0.4) is 0 Å². The minimum atomic E-state index is 0.530. The summed E-state index contributed by atoms with van der Waals surface area (Å²) in [6.07, 6.45) is 4.57. The van der Waals surface area contributed by atoms with Gasteiger partial charge in [0.05, 0.1) is 18.7 Å². The van der Waals surface area contributed by atoms with Gasteiger partial charge in [-0.05, 0) is 43.3 Å². The second-order valence-electron chi connectivity index (χ2n) is 5.56. The number of nitrogens with zero attached hydrogens (tertiary/aromatic N) is 4. The molecule has 0 atom stereocenters. The zero-order valence-corrected chi connectivity index (χ0v) is 13.8. The van der Waals surface area contributed by atoms with Crippen LogP contribution in [0.15, 0.2) is 54.9 Å². The minimum Gasteiger partial charge on any atom is -0.494 e. The molecule has 25 heavy (non-hydrogen) atoms. The number of H-pyrrole nitrogens is 1. The zero-order chi connectivity index (χ0) is 17.1. The Morgan fingerprint density at radius 2 is 2.00 bits per heavy atom. The second kappa shape index (κ2) is 6.64. The highest BCUT2D eigenvalue weighted by molar-refractivity contribution is 5.54. The van der Waals surface area contributed by atoms with Crippen LogP contribution in [0.25, 0.3) is 5.65 Å². The fourth-order valence-electron chi connectivity index (χ4n) is 2.60. The van der Waals surface area contributed by atoms with Crippen molar-refractivity contribution >= 4 is 17.3 Å². The molecule has 0 saturated heterocycles. The Kier molecular flexibility index (Phi) is 4.04. The molecule has 0 aliphatic carbocycles. The van der Waals surface area contributed by atoms with E-state index in [9.17, 15) is 0 Å². The predicted octanol–water partition coefficient (Wildman–Crippen LogP) is 3.19. The summed E-state index contributed by atoms with van der Waals surface area (Å²) in [5.74, 6) is 2.13. The molecule has 0 saturated carbocycles. The molecule has 0 spiro atoms. The maximum absolute atomic E-state index is 5.43. The monoisotopic (exact) mass is 334 g/mol. The summed E-state index contributed by atoms with van der Waals surface area (Å²) in [6.45, 7) is 2.62. The fourth-order valence-corrected chi connectivity index (χ4v) is 2.60. The molecule has 0 radical (unpaired) electrons. The van der Waals surface area contributed by atoms with E-state index in [1.807, 2.05) is 66.2 Å². The molecule has 7 heteroatoms. The van der Waals surface area contributed by atoms with Gasteiger partial charge in [0.25, 0.3) is 0 Å². The summed E-state index contributed by atoms with van der Waals surface area (Å²) in [7, 11) is 0. The van der Waals surface area contributed by atoms with Gasteiger partial charge < -0.3 is 14.5 Å². The number of imidazole rings is 1. The van der Waals surface area contributed by atoms with Gasteiger partial charge in [0, 0.05) is 18.1 Å². The molecule has 0 fully saturated rings. The van der Waals surface area contributed by atoms with Crippen molar-refractivity contribution in [3.63, 3.8) is 0 Å². The van der Waals surface area contributed by atoms with E-state index in [4.69, 9.17) is 4.74 Å². The van der Waals surface area contributed by atoms with Crippen molar-refractivity contribution in [2.24, 2.45) is 0 Å². The lowest BCUT2D eigenvalue weighted by Crippen LogP contribution is -1.95. The van der Waals surface area contributed by atoms with E-state index in [1.54, 1.807) is 0 Å². The van der Waals surface area contributed by atoms with Crippen LogP contribution < -0.4 is 10.1 Å². The first-order valence-corrected chi connectivity index (χ1v) is 8.14. The quantitative estimate of drug-likeness (QED) is 0.566. The van der Waals surface area contributed by atoms with E-state index in [2.05, 4.69) is 25.5 Å². The van der Waals surface area contributed by atoms with Crippen molar-refractivity contribution in [1.82, 2.24) is 24.6 Å². The number of fused-ring (bicyclic) bond motifs is 1. The van der Waals surface area contributed by atoms with Gasteiger partial charge in [0.2, 0.25) is 5.95 Å². The van der Waals surface area contributed by atoms with Gasteiger partial charge in [-0.2, -0.15) is 4.98 Å². The first-order valence-electron chi connectivity index (χ1n) is 8.14. The second-order valence-corrected chi connectivity index (χ2v) is 5.56. The number of anilines is 2. The summed E-state index contributed by atoms with van der Waals surface area (Å²) in [6, 6.07) is 13.6. The number of aromatic amines is 1. The Labute approximate surface area is 144 Å². The van der Waals surface area contributed by atoms with Gasteiger partial charge in [0.1, 0.15) is 17.2 Å². The van der Waals surface area contributed by atoms with E-state index in [-0.39, 0.29) is 0 Å². The van der Waals surface area contributed by atoms with Crippen LogP contribution in [-0.2, 0) is 6.42 Å². The van der Waals surface area contributed by atoms with E-state index in [1.165, 1.54) is 0 Å². The largest absolute Gasteiger partial charge is 0.494 e. The SMILES string of the molecule is CCOc1ccc(Nc2n[nH]c(Cc3cn4ccccc4n3)n2)cc1. The van der Waals surface area contributed by atoms with Gasteiger partial charge in [-0.15, -0.1) is 5.10 Å². The van der Waals surface area contributed by atoms with Crippen molar-refractivity contribution in [2.75, 3.05) is 11.9 Å². The molecular weight excluding hydrogens is 316 g/mol. The molecule has 0 amide bonds. The number of aromatic nitrogens is 5. The number of hydrogen-bond donors (Lipinski definition) is 2. The number of pyridine rings is 1. The fraction of sp³-hybridized carbons (Fsp3) is 0.167. The molecule has 7 nitrogen and oxygen atoms in total. The lowest BCUT2D eigenvalue weighted by Gasteiger charge is -2.04. The van der Waals surface area contributed by atoms with E-state index in [0.717, 1.165) is 28.6 Å². The zero-order valence-electron chi connectivity index (χ0n) is 13.8. The van der Waals surface area contributed by atoms with Crippen molar-refractivity contribution < 1.29 is 4.74 Å². The van der Waals surface area contributed by atoms with Gasteiger partial charge in [0.15, 0.2) is 0 Å². The Morgan fingerprint density at radius 3 is 2.80 bits per heavy atom. The van der Waals surface area contributed by atoms with Crippen molar-refractivity contribution in [1.29, 1.82) is 0 Å². The first-order chi connectivity index (χ1) is 12.3. The van der Waals surface area contributed by atoms with Crippen LogP contribution in [0.5, 0.6) is 5.75 Å². The highest BCUT2D eigenvalue weighted by Gasteiger charge is 2.07. The van der Waals surface area contributed by atoms with Crippen LogP contribution in [0.2, 0.25) is 0 Å². The van der Waals surface area contributed by atoms with Gasteiger partial charge in [-0.25, -0.2) is 4.98 Å². The summed E-state index contributed by atoms with van der Waals surface area (Å²) < 4.78 is 7.42. The van der Waals surface area contributed by atoms with Gasteiger partial charge in [-0.3, -0.25) is 5.10 Å². The lowest BCUT2D eigenvalue weighted by atomic mass is 10.3. The van der Waals surface area contributed by atoms with E-state index in [0.29, 0.717) is 19.0 Å². The topological polar surface area (TPSA) is 80.1 Å². The Hall–Kier alpha value is -3.35. The number of hydrogen-bond acceptors (Lipinski definition) is 5.